The molecule has 1 amide bonds. The van der Waals surface area contributed by atoms with Crippen molar-refractivity contribution in [1.29, 1.82) is 0 Å². The zero-order chi connectivity index (χ0) is 14.8. The van der Waals surface area contributed by atoms with Gasteiger partial charge in [0.2, 0.25) is 0 Å². The van der Waals surface area contributed by atoms with Crippen LogP contribution in [0.15, 0.2) is 24.3 Å². The number of likely N-dealkylation sites (tertiary alicyclic amines) is 1. The van der Waals surface area contributed by atoms with Crippen molar-refractivity contribution < 1.29 is 14.7 Å². The Morgan fingerprint density at radius 1 is 0.952 bits per heavy atom. The SMILES string of the molecule is O=C(O)c1ccc(C(=O)N2CCCC2C2CCCC2)cc1. The summed E-state index contributed by atoms with van der Waals surface area (Å²) < 4.78 is 0. The van der Waals surface area contributed by atoms with Crippen LogP contribution in [-0.4, -0.2) is 34.5 Å². The van der Waals surface area contributed by atoms with Crippen LogP contribution in [0, 0.1) is 5.92 Å². The summed E-state index contributed by atoms with van der Waals surface area (Å²) in [7, 11) is 0. The van der Waals surface area contributed by atoms with Crippen molar-refractivity contribution in [2.24, 2.45) is 5.92 Å². The van der Waals surface area contributed by atoms with Gasteiger partial charge in [-0.2, -0.15) is 0 Å². The molecular formula is C17H21NO3. The molecule has 0 radical (unpaired) electrons. The summed E-state index contributed by atoms with van der Waals surface area (Å²) in [5, 5.41) is 8.92. The van der Waals surface area contributed by atoms with Gasteiger partial charge in [-0.25, -0.2) is 4.79 Å². The van der Waals surface area contributed by atoms with Crippen LogP contribution in [0.3, 0.4) is 0 Å². The normalized spacial score (nSPS) is 22.7. The molecule has 1 saturated heterocycles. The number of amides is 1. The van der Waals surface area contributed by atoms with Crippen LogP contribution < -0.4 is 0 Å². The molecule has 3 rings (SSSR count). The van der Waals surface area contributed by atoms with Crippen molar-refractivity contribution in [3.05, 3.63) is 35.4 Å². The van der Waals surface area contributed by atoms with E-state index in [9.17, 15) is 9.59 Å². The highest BCUT2D eigenvalue weighted by Crippen LogP contribution is 2.36. The van der Waals surface area contributed by atoms with Crippen LogP contribution in [0.1, 0.15) is 59.2 Å². The second-order valence-electron chi connectivity index (χ2n) is 6.14. The number of rotatable bonds is 3. The lowest BCUT2D eigenvalue weighted by Gasteiger charge is -2.29. The van der Waals surface area contributed by atoms with Gasteiger partial charge in [-0.15, -0.1) is 0 Å². The number of hydrogen-bond acceptors (Lipinski definition) is 2. The van der Waals surface area contributed by atoms with Crippen LogP contribution >= 0.6 is 0 Å². The van der Waals surface area contributed by atoms with Gasteiger partial charge in [-0.3, -0.25) is 4.79 Å². The Labute approximate surface area is 124 Å². The maximum Gasteiger partial charge on any atom is 0.335 e. The average Bonchev–Trinajstić information content (AvgIpc) is 3.17. The molecule has 0 spiro atoms. The molecule has 1 aliphatic carbocycles. The highest BCUT2D eigenvalue weighted by molar-refractivity contribution is 5.96. The molecule has 4 heteroatoms. The summed E-state index contributed by atoms with van der Waals surface area (Å²) in [5.41, 5.74) is 0.824. The predicted octanol–water partition coefficient (Wildman–Crippen LogP) is 3.18. The van der Waals surface area contributed by atoms with E-state index < -0.39 is 5.97 Å². The predicted molar refractivity (Wildman–Crippen MR) is 79.4 cm³/mol. The van der Waals surface area contributed by atoms with E-state index in [1.54, 1.807) is 12.1 Å². The summed E-state index contributed by atoms with van der Waals surface area (Å²) in [6.07, 6.45) is 7.26. The zero-order valence-electron chi connectivity index (χ0n) is 12.1. The van der Waals surface area contributed by atoms with E-state index in [-0.39, 0.29) is 11.5 Å². The number of carboxylic acids is 1. The molecule has 1 unspecified atom stereocenters. The van der Waals surface area contributed by atoms with Gasteiger partial charge in [-0.05, 0) is 55.9 Å². The van der Waals surface area contributed by atoms with Crippen molar-refractivity contribution in [2.75, 3.05) is 6.54 Å². The summed E-state index contributed by atoms with van der Waals surface area (Å²) in [6, 6.07) is 6.68. The smallest absolute Gasteiger partial charge is 0.335 e. The zero-order valence-corrected chi connectivity index (χ0v) is 12.1. The summed E-state index contributed by atoms with van der Waals surface area (Å²) >= 11 is 0. The van der Waals surface area contributed by atoms with Crippen LogP contribution in [0.2, 0.25) is 0 Å². The molecule has 1 aromatic carbocycles. The third-order valence-corrected chi connectivity index (χ3v) is 4.88. The van der Waals surface area contributed by atoms with Gasteiger partial charge >= 0.3 is 5.97 Å². The second kappa shape index (κ2) is 5.88. The first-order chi connectivity index (χ1) is 10.2. The molecule has 2 aliphatic rings. The Morgan fingerprint density at radius 3 is 2.19 bits per heavy atom. The Hall–Kier alpha value is -1.84. The fraction of sp³-hybridized carbons (Fsp3) is 0.529. The first-order valence-corrected chi connectivity index (χ1v) is 7.81. The molecule has 112 valence electrons. The van der Waals surface area contributed by atoms with Crippen molar-refractivity contribution in [2.45, 2.75) is 44.6 Å². The molecule has 21 heavy (non-hydrogen) atoms. The molecule has 2 fully saturated rings. The summed E-state index contributed by atoms with van der Waals surface area (Å²) in [4.78, 5) is 25.6. The molecule has 1 aromatic rings. The van der Waals surface area contributed by atoms with Crippen LogP contribution in [-0.2, 0) is 0 Å². The van der Waals surface area contributed by atoms with Gasteiger partial charge in [0, 0.05) is 18.2 Å². The van der Waals surface area contributed by atoms with Crippen molar-refractivity contribution in [1.82, 2.24) is 4.90 Å². The highest BCUT2D eigenvalue weighted by atomic mass is 16.4. The monoisotopic (exact) mass is 287 g/mol. The number of carbonyl (C=O) groups is 2. The molecule has 0 bridgehead atoms. The van der Waals surface area contributed by atoms with Gasteiger partial charge in [0.05, 0.1) is 5.56 Å². The maximum atomic E-state index is 12.7. The number of carbonyl (C=O) groups excluding carboxylic acids is 1. The van der Waals surface area contributed by atoms with E-state index in [0.29, 0.717) is 17.5 Å². The Balaban J connectivity index is 1.75. The fourth-order valence-corrected chi connectivity index (χ4v) is 3.80. The molecule has 4 nitrogen and oxygen atoms in total. The number of hydrogen-bond donors (Lipinski definition) is 1. The first-order valence-electron chi connectivity index (χ1n) is 7.81. The standard InChI is InChI=1S/C17H21NO3/c19-16(13-7-9-14(10-8-13)17(20)21)18-11-3-6-15(18)12-4-1-2-5-12/h7-10,12,15H,1-6,11H2,(H,20,21). The topological polar surface area (TPSA) is 57.6 Å². The number of benzene rings is 1. The van der Waals surface area contributed by atoms with E-state index >= 15 is 0 Å². The number of aromatic carboxylic acids is 1. The average molecular weight is 287 g/mol. The third-order valence-electron chi connectivity index (χ3n) is 4.88. The van der Waals surface area contributed by atoms with Crippen molar-refractivity contribution in [3.8, 4) is 0 Å². The largest absolute Gasteiger partial charge is 0.478 e. The van der Waals surface area contributed by atoms with Gasteiger partial charge in [0.25, 0.3) is 5.91 Å². The quantitative estimate of drug-likeness (QED) is 0.929. The molecule has 1 atom stereocenters. The Morgan fingerprint density at radius 2 is 1.57 bits per heavy atom. The van der Waals surface area contributed by atoms with Gasteiger partial charge < -0.3 is 10.0 Å². The van der Waals surface area contributed by atoms with E-state index in [2.05, 4.69) is 0 Å². The molecule has 1 heterocycles. The van der Waals surface area contributed by atoms with E-state index in [4.69, 9.17) is 5.11 Å². The minimum absolute atomic E-state index is 0.0568. The second-order valence-corrected chi connectivity index (χ2v) is 6.14. The van der Waals surface area contributed by atoms with E-state index in [0.717, 1.165) is 19.4 Å². The van der Waals surface area contributed by atoms with Crippen LogP contribution in [0.5, 0.6) is 0 Å². The number of nitrogens with zero attached hydrogens (tertiary/aromatic N) is 1. The highest BCUT2D eigenvalue weighted by Gasteiger charge is 2.36. The Bertz CT molecular complexity index is 531. The van der Waals surface area contributed by atoms with Gasteiger partial charge in [-0.1, -0.05) is 12.8 Å². The maximum absolute atomic E-state index is 12.7. The van der Waals surface area contributed by atoms with E-state index in [1.807, 2.05) is 4.90 Å². The lowest BCUT2D eigenvalue weighted by molar-refractivity contribution is 0.0679. The third kappa shape index (κ3) is 2.80. The molecule has 0 aromatic heterocycles. The molecule has 1 aliphatic heterocycles. The van der Waals surface area contributed by atoms with Crippen molar-refractivity contribution >= 4 is 11.9 Å². The molecule has 1 saturated carbocycles. The van der Waals surface area contributed by atoms with E-state index in [1.165, 1.54) is 37.8 Å². The van der Waals surface area contributed by atoms with Gasteiger partial charge in [0.15, 0.2) is 0 Å². The fourth-order valence-electron chi connectivity index (χ4n) is 3.80. The minimum Gasteiger partial charge on any atom is -0.478 e. The molecular weight excluding hydrogens is 266 g/mol. The number of carboxylic acid groups (broad SMARTS) is 1. The van der Waals surface area contributed by atoms with Crippen molar-refractivity contribution in [3.63, 3.8) is 0 Å². The molecule has 1 N–H and O–H groups in total. The Kier molecular flexibility index (Phi) is 3.95. The lowest BCUT2D eigenvalue weighted by atomic mass is 9.95. The lowest BCUT2D eigenvalue weighted by Crippen LogP contribution is -2.39. The minimum atomic E-state index is -0.959. The first kappa shape index (κ1) is 14.1. The summed E-state index contributed by atoms with van der Waals surface area (Å²) in [5.74, 6) is -0.241. The van der Waals surface area contributed by atoms with Crippen LogP contribution in [0.4, 0.5) is 0 Å². The summed E-state index contributed by atoms with van der Waals surface area (Å²) in [6.45, 7) is 0.834. The van der Waals surface area contributed by atoms with Crippen LogP contribution in [0.25, 0.3) is 0 Å². The van der Waals surface area contributed by atoms with Gasteiger partial charge in [0.1, 0.15) is 0 Å².